The summed E-state index contributed by atoms with van der Waals surface area (Å²) in [6.07, 6.45) is 2.06. The number of ether oxygens (including phenoxy) is 1. The van der Waals surface area contributed by atoms with Crippen molar-refractivity contribution in [2.45, 2.75) is 45.5 Å². The summed E-state index contributed by atoms with van der Waals surface area (Å²) >= 11 is 0. The van der Waals surface area contributed by atoms with Crippen LogP contribution in [0.5, 0.6) is 0 Å². The van der Waals surface area contributed by atoms with E-state index in [9.17, 15) is 14.4 Å². The lowest BCUT2D eigenvalue weighted by Gasteiger charge is -2.31. The molecule has 1 N–H and O–H groups in total. The van der Waals surface area contributed by atoms with Crippen molar-refractivity contribution in [3.05, 3.63) is 101 Å². The Bertz CT molecular complexity index is 1430. The molecular weight excluding hydrogens is 468 g/mol. The van der Waals surface area contributed by atoms with E-state index in [2.05, 4.69) is 10.4 Å². The van der Waals surface area contributed by atoms with Gasteiger partial charge in [-0.25, -0.2) is 9.48 Å². The molecule has 1 aliphatic rings. The second-order valence-electron chi connectivity index (χ2n) is 9.23. The molecule has 2 heterocycles. The predicted molar refractivity (Wildman–Crippen MR) is 139 cm³/mol. The Morgan fingerprint density at radius 2 is 1.70 bits per heavy atom. The molecular formula is C29H28N4O4. The van der Waals surface area contributed by atoms with Gasteiger partial charge in [0.1, 0.15) is 12.6 Å². The van der Waals surface area contributed by atoms with Gasteiger partial charge in [-0.05, 0) is 47.2 Å². The fourth-order valence-electron chi connectivity index (χ4n) is 4.70. The third-order valence-corrected chi connectivity index (χ3v) is 6.58. The van der Waals surface area contributed by atoms with Gasteiger partial charge in [0.15, 0.2) is 0 Å². The maximum absolute atomic E-state index is 13.7. The van der Waals surface area contributed by atoms with Crippen molar-refractivity contribution in [2.75, 3.05) is 0 Å². The fraction of sp³-hybridized carbons (Fsp3) is 0.241. The number of benzene rings is 3. The molecule has 1 atom stereocenters. The molecule has 4 aromatic rings. The molecule has 0 aliphatic carbocycles. The Kier molecular flexibility index (Phi) is 6.98. The van der Waals surface area contributed by atoms with Crippen LogP contribution in [0.3, 0.4) is 0 Å². The first-order valence-corrected chi connectivity index (χ1v) is 12.3. The number of hydrogen-bond donors (Lipinski definition) is 1. The molecule has 0 unspecified atom stereocenters. The second-order valence-corrected chi connectivity index (χ2v) is 9.23. The van der Waals surface area contributed by atoms with E-state index in [0.29, 0.717) is 25.9 Å². The average Bonchev–Trinajstić information content (AvgIpc) is 3.32. The van der Waals surface area contributed by atoms with E-state index in [4.69, 9.17) is 4.74 Å². The van der Waals surface area contributed by atoms with Crippen molar-refractivity contribution in [1.29, 1.82) is 0 Å². The zero-order chi connectivity index (χ0) is 25.8. The van der Waals surface area contributed by atoms with E-state index < -0.39 is 12.1 Å². The lowest BCUT2D eigenvalue weighted by molar-refractivity contribution is -0.135. The molecule has 2 amide bonds. The Morgan fingerprint density at radius 3 is 2.41 bits per heavy atom. The van der Waals surface area contributed by atoms with Gasteiger partial charge in [0.2, 0.25) is 11.8 Å². The zero-order valence-electron chi connectivity index (χ0n) is 20.6. The van der Waals surface area contributed by atoms with Gasteiger partial charge >= 0.3 is 6.09 Å². The number of hydrogen-bond acceptors (Lipinski definition) is 5. The van der Waals surface area contributed by atoms with Crippen molar-refractivity contribution >= 4 is 28.8 Å². The number of alkyl carbamates (subject to hydrolysis) is 1. The maximum atomic E-state index is 13.7. The van der Waals surface area contributed by atoms with Gasteiger partial charge < -0.3 is 15.0 Å². The zero-order valence-corrected chi connectivity index (χ0v) is 20.6. The fourth-order valence-corrected chi connectivity index (χ4v) is 4.70. The van der Waals surface area contributed by atoms with Crippen LogP contribution in [0.15, 0.2) is 79.0 Å². The molecule has 0 spiro atoms. The van der Waals surface area contributed by atoms with E-state index in [1.807, 2.05) is 72.8 Å². The van der Waals surface area contributed by atoms with Crippen LogP contribution < -0.4 is 5.32 Å². The molecule has 3 aromatic carbocycles. The number of carbonyl (C=O) groups is 3. The largest absolute Gasteiger partial charge is 0.445 e. The average molecular weight is 497 g/mol. The van der Waals surface area contributed by atoms with Crippen LogP contribution in [-0.4, -0.2) is 38.6 Å². The lowest BCUT2D eigenvalue weighted by atomic mass is 9.94. The number of nitrogens with one attached hydrogen (secondary N) is 1. The van der Waals surface area contributed by atoms with Crippen molar-refractivity contribution in [1.82, 2.24) is 20.0 Å². The summed E-state index contributed by atoms with van der Waals surface area (Å²) in [5.41, 5.74) is 4.60. The quantitative estimate of drug-likeness (QED) is 0.440. The molecule has 1 aliphatic heterocycles. The number of nitrogens with zero attached hydrogens (tertiary/aromatic N) is 3. The molecule has 0 saturated carbocycles. The van der Waals surface area contributed by atoms with E-state index in [0.717, 1.165) is 33.2 Å². The minimum Gasteiger partial charge on any atom is -0.445 e. The Labute approximate surface area is 214 Å². The highest BCUT2D eigenvalue weighted by atomic mass is 16.5. The second kappa shape index (κ2) is 10.7. The molecule has 188 valence electrons. The van der Waals surface area contributed by atoms with Crippen LogP contribution in [-0.2, 0) is 35.6 Å². The molecule has 1 aromatic heterocycles. The normalized spacial score (nSPS) is 15.5. The number of amides is 2. The van der Waals surface area contributed by atoms with Gasteiger partial charge in [-0.1, -0.05) is 60.7 Å². The predicted octanol–water partition coefficient (Wildman–Crippen LogP) is 4.47. The van der Waals surface area contributed by atoms with Crippen LogP contribution in [0.4, 0.5) is 4.79 Å². The van der Waals surface area contributed by atoms with Crippen LogP contribution in [0.1, 0.15) is 40.4 Å². The molecule has 0 radical (unpaired) electrons. The smallest absolute Gasteiger partial charge is 0.408 e. The summed E-state index contributed by atoms with van der Waals surface area (Å²) in [4.78, 5) is 40.1. The summed E-state index contributed by atoms with van der Waals surface area (Å²) in [5, 5.41) is 7.89. The number of fused-ring (bicyclic) bond motifs is 2. The third kappa shape index (κ3) is 5.53. The summed E-state index contributed by atoms with van der Waals surface area (Å²) < 4.78 is 6.77. The number of aromatic nitrogens is 2. The van der Waals surface area contributed by atoms with Crippen LogP contribution >= 0.6 is 0 Å². The number of carbonyl (C=O) groups excluding carboxylic acids is 3. The standard InChI is InChI=1S/C29H28N4O4/c1-20(34)33-27-15-25-18-32(17-21-8-4-2-5-9-21)28(35)26(13-12-23(25)14-24(27)16-30-33)31-29(36)37-19-22-10-6-3-7-11-22/h2-11,14-16,26H,12-13,17-19H2,1H3,(H,31,36)/t26-/m1/s1. The molecule has 5 rings (SSSR count). The van der Waals surface area contributed by atoms with Crippen molar-refractivity contribution in [3.63, 3.8) is 0 Å². The van der Waals surface area contributed by atoms with Gasteiger partial charge in [-0.15, -0.1) is 0 Å². The summed E-state index contributed by atoms with van der Waals surface area (Å²) in [6, 6.07) is 22.4. The minimum atomic E-state index is -0.726. The number of aryl methyl sites for hydroxylation is 1. The van der Waals surface area contributed by atoms with Crippen molar-refractivity contribution in [3.8, 4) is 0 Å². The summed E-state index contributed by atoms with van der Waals surface area (Å²) in [6.45, 7) is 2.34. The van der Waals surface area contributed by atoms with E-state index in [1.54, 1.807) is 11.1 Å². The van der Waals surface area contributed by atoms with E-state index in [1.165, 1.54) is 11.6 Å². The Morgan fingerprint density at radius 1 is 1.00 bits per heavy atom. The molecule has 37 heavy (non-hydrogen) atoms. The van der Waals surface area contributed by atoms with Gasteiger partial charge in [0.05, 0.1) is 11.7 Å². The van der Waals surface area contributed by atoms with Gasteiger partial charge in [0, 0.05) is 25.4 Å². The van der Waals surface area contributed by atoms with E-state index in [-0.39, 0.29) is 18.4 Å². The highest BCUT2D eigenvalue weighted by Gasteiger charge is 2.30. The Hall–Kier alpha value is -4.46. The third-order valence-electron chi connectivity index (χ3n) is 6.58. The summed E-state index contributed by atoms with van der Waals surface area (Å²) in [5.74, 6) is -0.345. The topological polar surface area (TPSA) is 93.5 Å². The monoisotopic (exact) mass is 496 g/mol. The molecule has 0 bridgehead atoms. The molecule has 8 heteroatoms. The Balaban J connectivity index is 1.41. The van der Waals surface area contributed by atoms with Crippen LogP contribution in [0.2, 0.25) is 0 Å². The SMILES string of the molecule is CC(=O)n1ncc2cc3c(cc21)CN(Cc1ccccc1)C(=O)[C@H](NC(=O)OCc1ccccc1)CC3. The molecule has 0 fully saturated rings. The van der Waals surface area contributed by atoms with Gasteiger partial charge in [-0.2, -0.15) is 5.10 Å². The van der Waals surface area contributed by atoms with Gasteiger partial charge in [0.25, 0.3) is 0 Å². The maximum Gasteiger partial charge on any atom is 0.408 e. The van der Waals surface area contributed by atoms with Crippen molar-refractivity contribution < 1.29 is 19.1 Å². The molecule has 8 nitrogen and oxygen atoms in total. The first-order chi connectivity index (χ1) is 18.0. The highest BCUT2D eigenvalue weighted by molar-refractivity contribution is 5.91. The van der Waals surface area contributed by atoms with Crippen molar-refractivity contribution in [2.24, 2.45) is 0 Å². The first-order valence-electron chi connectivity index (χ1n) is 12.3. The lowest BCUT2D eigenvalue weighted by Crippen LogP contribution is -2.49. The van der Waals surface area contributed by atoms with E-state index >= 15 is 0 Å². The van der Waals surface area contributed by atoms with Crippen LogP contribution in [0, 0.1) is 0 Å². The summed E-state index contributed by atoms with van der Waals surface area (Å²) in [7, 11) is 0. The first kappa shape index (κ1) is 24.2. The van der Waals surface area contributed by atoms with Gasteiger partial charge in [-0.3, -0.25) is 9.59 Å². The molecule has 0 saturated heterocycles. The highest BCUT2D eigenvalue weighted by Crippen LogP contribution is 2.26. The number of rotatable bonds is 5. The minimum absolute atomic E-state index is 0.127. The van der Waals surface area contributed by atoms with Crippen LogP contribution in [0.25, 0.3) is 10.9 Å².